The van der Waals surface area contributed by atoms with Crippen molar-refractivity contribution in [2.75, 3.05) is 0 Å². The minimum atomic E-state index is 0.452. The second kappa shape index (κ2) is 7.10. The molecule has 0 spiro atoms. The first-order chi connectivity index (χ1) is 9.95. The Kier molecular flexibility index (Phi) is 5.43. The molecular weight excluding hydrogens is 326 g/mol. The van der Waals surface area contributed by atoms with Crippen LogP contribution >= 0.6 is 15.9 Å². The maximum Gasteiger partial charge on any atom is 0.131 e. The molecule has 2 nitrogen and oxygen atoms in total. The second-order valence-electron chi connectivity index (χ2n) is 5.66. The summed E-state index contributed by atoms with van der Waals surface area (Å²) >= 11 is 3.48. The molecule has 0 unspecified atom stereocenters. The second-order valence-corrected chi connectivity index (χ2v) is 6.57. The Morgan fingerprint density at radius 1 is 1.05 bits per heavy atom. The molecule has 2 rings (SSSR count). The van der Waals surface area contributed by atoms with Crippen LogP contribution in [0.4, 0.5) is 0 Å². The molecule has 0 radical (unpaired) electrons. The topological polar surface area (TPSA) is 21.3 Å². The third-order valence-corrected chi connectivity index (χ3v) is 3.77. The molecule has 112 valence electrons. The summed E-state index contributed by atoms with van der Waals surface area (Å²) in [7, 11) is 0. The van der Waals surface area contributed by atoms with E-state index < -0.39 is 0 Å². The number of halogens is 1. The van der Waals surface area contributed by atoms with Crippen LogP contribution in [0.1, 0.15) is 30.5 Å². The number of rotatable bonds is 5. The van der Waals surface area contributed by atoms with Gasteiger partial charge in [-0.25, -0.2) is 0 Å². The molecule has 0 fully saturated rings. The molecule has 0 heterocycles. The molecule has 2 aromatic carbocycles. The van der Waals surface area contributed by atoms with Crippen molar-refractivity contribution >= 4 is 15.9 Å². The van der Waals surface area contributed by atoms with Gasteiger partial charge < -0.3 is 10.1 Å². The molecule has 0 saturated heterocycles. The Bertz CT molecular complexity index is 623. The molecule has 2 aromatic rings. The third-order valence-electron chi connectivity index (χ3n) is 3.27. The summed E-state index contributed by atoms with van der Waals surface area (Å²) in [5, 5.41) is 3.45. The Balaban J connectivity index is 2.26. The molecule has 21 heavy (non-hydrogen) atoms. The van der Waals surface area contributed by atoms with Gasteiger partial charge in [-0.05, 0) is 43.7 Å². The normalized spacial score (nSPS) is 11.0. The quantitative estimate of drug-likeness (QED) is 0.786. The zero-order valence-corrected chi connectivity index (χ0v) is 14.6. The van der Waals surface area contributed by atoms with E-state index in [9.17, 15) is 0 Å². The Morgan fingerprint density at radius 2 is 1.76 bits per heavy atom. The predicted octanol–water partition coefficient (Wildman–Crippen LogP) is 5.36. The fraction of sp³-hybridized carbons (Fsp3) is 0.333. The standard InChI is InChI=1S/C18H22BrNO/c1-12(2)20-11-15-9-13(3)5-7-18(15)21-17-8-6-16(19)10-14(17)4/h5-10,12,20H,11H2,1-4H3. The van der Waals surface area contributed by atoms with Crippen LogP contribution in [0.2, 0.25) is 0 Å². The Hall–Kier alpha value is -1.32. The van der Waals surface area contributed by atoms with Crippen molar-refractivity contribution in [1.82, 2.24) is 5.32 Å². The molecule has 0 aliphatic heterocycles. The molecule has 3 heteroatoms. The van der Waals surface area contributed by atoms with E-state index in [1.165, 1.54) is 11.1 Å². The summed E-state index contributed by atoms with van der Waals surface area (Å²) in [6, 6.07) is 12.8. The van der Waals surface area contributed by atoms with Gasteiger partial charge in [-0.2, -0.15) is 0 Å². The van der Waals surface area contributed by atoms with Crippen molar-refractivity contribution in [3.63, 3.8) is 0 Å². The monoisotopic (exact) mass is 347 g/mol. The number of ether oxygens (including phenoxy) is 1. The largest absolute Gasteiger partial charge is 0.457 e. The van der Waals surface area contributed by atoms with Crippen LogP contribution in [0.25, 0.3) is 0 Å². The van der Waals surface area contributed by atoms with Crippen molar-refractivity contribution in [3.8, 4) is 11.5 Å². The highest BCUT2D eigenvalue weighted by Gasteiger charge is 2.08. The predicted molar refractivity (Wildman–Crippen MR) is 92.1 cm³/mol. The van der Waals surface area contributed by atoms with Crippen molar-refractivity contribution < 1.29 is 4.74 Å². The van der Waals surface area contributed by atoms with Gasteiger partial charge in [0, 0.05) is 22.6 Å². The van der Waals surface area contributed by atoms with Gasteiger partial charge in [0.05, 0.1) is 0 Å². The highest BCUT2D eigenvalue weighted by atomic mass is 79.9. The highest BCUT2D eigenvalue weighted by molar-refractivity contribution is 9.10. The van der Waals surface area contributed by atoms with Gasteiger partial charge >= 0.3 is 0 Å². The van der Waals surface area contributed by atoms with Crippen molar-refractivity contribution in [3.05, 3.63) is 57.6 Å². The van der Waals surface area contributed by atoms with Crippen LogP contribution in [0.3, 0.4) is 0 Å². The zero-order chi connectivity index (χ0) is 15.4. The molecule has 0 aromatic heterocycles. The van der Waals surface area contributed by atoms with Gasteiger partial charge in [0.1, 0.15) is 11.5 Å². The smallest absolute Gasteiger partial charge is 0.131 e. The average molecular weight is 348 g/mol. The van der Waals surface area contributed by atoms with Crippen molar-refractivity contribution in [2.45, 2.75) is 40.3 Å². The molecule has 0 amide bonds. The highest BCUT2D eigenvalue weighted by Crippen LogP contribution is 2.30. The van der Waals surface area contributed by atoms with E-state index in [4.69, 9.17) is 4.74 Å². The third kappa shape index (κ3) is 4.58. The van der Waals surface area contributed by atoms with E-state index in [0.29, 0.717) is 6.04 Å². The summed E-state index contributed by atoms with van der Waals surface area (Å²) in [4.78, 5) is 0. The van der Waals surface area contributed by atoms with E-state index in [-0.39, 0.29) is 0 Å². The molecule has 0 aliphatic rings. The lowest BCUT2D eigenvalue weighted by Gasteiger charge is -2.15. The maximum atomic E-state index is 6.12. The fourth-order valence-corrected chi connectivity index (χ4v) is 2.58. The molecule has 1 N–H and O–H groups in total. The number of hydrogen-bond acceptors (Lipinski definition) is 2. The number of nitrogens with one attached hydrogen (secondary N) is 1. The van der Waals surface area contributed by atoms with Crippen LogP contribution in [-0.4, -0.2) is 6.04 Å². The van der Waals surface area contributed by atoms with Gasteiger partial charge in [0.2, 0.25) is 0 Å². The summed E-state index contributed by atoms with van der Waals surface area (Å²) in [5.74, 6) is 1.81. The van der Waals surface area contributed by atoms with Crippen molar-refractivity contribution in [1.29, 1.82) is 0 Å². The molecular formula is C18H22BrNO. The van der Waals surface area contributed by atoms with Crippen LogP contribution in [0.15, 0.2) is 40.9 Å². The lowest BCUT2D eigenvalue weighted by Crippen LogP contribution is -2.22. The van der Waals surface area contributed by atoms with Gasteiger partial charge in [-0.15, -0.1) is 0 Å². The van der Waals surface area contributed by atoms with Crippen LogP contribution in [-0.2, 0) is 6.54 Å². The molecule has 0 bridgehead atoms. The summed E-state index contributed by atoms with van der Waals surface area (Å²) in [6.07, 6.45) is 0. The van der Waals surface area contributed by atoms with E-state index in [2.05, 4.69) is 67.1 Å². The minimum Gasteiger partial charge on any atom is -0.457 e. The first-order valence-electron chi connectivity index (χ1n) is 7.22. The first-order valence-corrected chi connectivity index (χ1v) is 8.02. The van der Waals surface area contributed by atoms with Gasteiger partial charge in [0.15, 0.2) is 0 Å². The maximum absolute atomic E-state index is 6.12. The lowest BCUT2D eigenvalue weighted by molar-refractivity contribution is 0.466. The Labute approximate surface area is 135 Å². The summed E-state index contributed by atoms with van der Waals surface area (Å²) < 4.78 is 7.19. The fourth-order valence-electron chi connectivity index (χ4n) is 2.11. The number of hydrogen-bond donors (Lipinski definition) is 1. The number of benzene rings is 2. The lowest BCUT2D eigenvalue weighted by atomic mass is 10.1. The van der Waals surface area contributed by atoms with E-state index in [1.54, 1.807) is 0 Å². The van der Waals surface area contributed by atoms with E-state index in [1.807, 2.05) is 18.2 Å². The van der Waals surface area contributed by atoms with Gasteiger partial charge in [-0.3, -0.25) is 0 Å². The van der Waals surface area contributed by atoms with E-state index >= 15 is 0 Å². The molecule has 0 aliphatic carbocycles. The van der Waals surface area contributed by atoms with Crippen LogP contribution in [0, 0.1) is 13.8 Å². The van der Waals surface area contributed by atoms with E-state index in [0.717, 1.165) is 28.1 Å². The van der Waals surface area contributed by atoms with Gasteiger partial charge in [-0.1, -0.05) is 47.5 Å². The zero-order valence-electron chi connectivity index (χ0n) is 13.0. The average Bonchev–Trinajstić information content (AvgIpc) is 2.41. The van der Waals surface area contributed by atoms with Gasteiger partial charge in [0.25, 0.3) is 0 Å². The first kappa shape index (κ1) is 16.1. The van der Waals surface area contributed by atoms with Crippen LogP contribution in [0.5, 0.6) is 11.5 Å². The summed E-state index contributed by atoms with van der Waals surface area (Å²) in [5.41, 5.74) is 3.55. The minimum absolute atomic E-state index is 0.452. The Morgan fingerprint density at radius 3 is 2.43 bits per heavy atom. The molecule has 0 atom stereocenters. The van der Waals surface area contributed by atoms with Crippen LogP contribution < -0.4 is 10.1 Å². The SMILES string of the molecule is Cc1ccc(Oc2ccc(Br)cc2C)c(CNC(C)C)c1. The summed E-state index contributed by atoms with van der Waals surface area (Å²) in [6.45, 7) is 9.27. The number of aryl methyl sites for hydroxylation is 2. The van der Waals surface area contributed by atoms with Crippen molar-refractivity contribution in [2.24, 2.45) is 0 Å². The molecule has 0 saturated carbocycles.